The molecule has 0 radical (unpaired) electrons. The molecule has 0 spiro atoms. The van der Waals surface area contributed by atoms with Crippen molar-refractivity contribution in [3.63, 3.8) is 0 Å². The van der Waals surface area contributed by atoms with Crippen molar-refractivity contribution in [1.82, 2.24) is 10.0 Å². The summed E-state index contributed by atoms with van der Waals surface area (Å²) in [6.45, 7) is 8.09. The van der Waals surface area contributed by atoms with Gasteiger partial charge in [-0.05, 0) is 44.2 Å². The minimum Gasteiger partial charge on any atom is -0.317 e. The third-order valence-corrected chi connectivity index (χ3v) is 5.51. The Morgan fingerprint density at radius 2 is 1.89 bits per heavy atom. The van der Waals surface area contributed by atoms with E-state index < -0.39 is 10.0 Å². The number of rotatable bonds is 8. The molecule has 2 atom stereocenters. The van der Waals surface area contributed by atoms with E-state index in [1.807, 2.05) is 6.92 Å². The maximum absolute atomic E-state index is 12.1. The van der Waals surface area contributed by atoms with Gasteiger partial charge in [0, 0.05) is 6.04 Å². The van der Waals surface area contributed by atoms with Gasteiger partial charge in [0.05, 0.1) is 5.75 Å². The summed E-state index contributed by atoms with van der Waals surface area (Å²) in [7, 11) is -3.12. The first-order valence-electron chi connectivity index (χ1n) is 7.67. The van der Waals surface area contributed by atoms with Crippen molar-refractivity contribution in [3.05, 3.63) is 0 Å². The van der Waals surface area contributed by atoms with Crippen LogP contribution in [0, 0.1) is 11.8 Å². The van der Waals surface area contributed by atoms with Crippen LogP contribution in [-0.4, -0.2) is 33.3 Å². The van der Waals surface area contributed by atoms with E-state index in [1.165, 1.54) is 6.42 Å². The van der Waals surface area contributed by atoms with E-state index in [0.717, 1.165) is 32.4 Å². The third kappa shape index (κ3) is 6.23. The molecule has 0 aromatic heterocycles. The molecule has 0 bridgehead atoms. The van der Waals surface area contributed by atoms with Crippen LogP contribution >= 0.6 is 0 Å². The van der Waals surface area contributed by atoms with Crippen LogP contribution in [0.3, 0.4) is 0 Å². The molecule has 1 aliphatic rings. The topological polar surface area (TPSA) is 58.2 Å². The lowest BCUT2D eigenvalue weighted by atomic mass is 9.78. The van der Waals surface area contributed by atoms with Crippen molar-refractivity contribution in [3.8, 4) is 0 Å². The molecular formula is C14H30N2O2S. The van der Waals surface area contributed by atoms with Crippen molar-refractivity contribution >= 4 is 10.0 Å². The second-order valence-electron chi connectivity index (χ2n) is 5.94. The highest BCUT2D eigenvalue weighted by Crippen LogP contribution is 2.30. The second-order valence-corrected chi connectivity index (χ2v) is 7.82. The lowest BCUT2D eigenvalue weighted by Crippen LogP contribution is -2.44. The Bertz CT molecular complexity index is 341. The summed E-state index contributed by atoms with van der Waals surface area (Å²) in [6.07, 6.45) is 5.22. The van der Waals surface area contributed by atoms with E-state index in [2.05, 4.69) is 23.9 Å². The van der Waals surface area contributed by atoms with Gasteiger partial charge < -0.3 is 5.32 Å². The van der Waals surface area contributed by atoms with Crippen LogP contribution in [-0.2, 0) is 10.0 Å². The van der Waals surface area contributed by atoms with E-state index in [0.29, 0.717) is 18.3 Å². The van der Waals surface area contributed by atoms with Crippen molar-refractivity contribution in [2.75, 3.05) is 18.8 Å². The van der Waals surface area contributed by atoms with Gasteiger partial charge in [0.2, 0.25) is 10.0 Å². The molecule has 0 aliphatic heterocycles. The summed E-state index contributed by atoms with van der Waals surface area (Å²) in [5.74, 6) is 1.29. The molecule has 0 aromatic carbocycles. The van der Waals surface area contributed by atoms with Gasteiger partial charge >= 0.3 is 0 Å². The highest BCUT2D eigenvalue weighted by Gasteiger charge is 2.30. The number of hydrogen-bond donors (Lipinski definition) is 2. The van der Waals surface area contributed by atoms with E-state index in [1.54, 1.807) is 0 Å². The van der Waals surface area contributed by atoms with Crippen LogP contribution in [0.5, 0.6) is 0 Å². The Morgan fingerprint density at radius 3 is 2.53 bits per heavy atom. The van der Waals surface area contributed by atoms with Crippen molar-refractivity contribution in [2.45, 2.75) is 58.9 Å². The zero-order valence-electron chi connectivity index (χ0n) is 12.6. The maximum Gasteiger partial charge on any atom is 0.211 e. The van der Waals surface area contributed by atoms with Gasteiger partial charge in [-0.3, -0.25) is 0 Å². The molecule has 0 saturated heterocycles. The SMILES string of the molecule is CCNCCCS(=O)(=O)NC1CCCCC1C(C)C. The van der Waals surface area contributed by atoms with E-state index in [-0.39, 0.29) is 11.8 Å². The molecule has 1 aliphatic carbocycles. The second kappa shape index (κ2) is 8.22. The van der Waals surface area contributed by atoms with Gasteiger partial charge in [0.15, 0.2) is 0 Å². The van der Waals surface area contributed by atoms with Crippen LogP contribution in [0.2, 0.25) is 0 Å². The zero-order chi connectivity index (χ0) is 14.3. The van der Waals surface area contributed by atoms with Crippen molar-refractivity contribution < 1.29 is 8.42 Å². The minimum absolute atomic E-state index is 0.151. The summed E-state index contributed by atoms with van der Waals surface area (Å²) in [5.41, 5.74) is 0. The zero-order valence-corrected chi connectivity index (χ0v) is 13.4. The predicted molar refractivity (Wildman–Crippen MR) is 80.7 cm³/mol. The first kappa shape index (κ1) is 16.9. The van der Waals surface area contributed by atoms with Gasteiger partial charge in [-0.15, -0.1) is 0 Å². The average molecular weight is 290 g/mol. The van der Waals surface area contributed by atoms with Crippen LogP contribution < -0.4 is 10.0 Å². The van der Waals surface area contributed by atoms with Gasteiger partial charge in [-0.1, -0.05) is 33.6 Å². The fourth-order valence-electron chi connectivity index (χ4n) is 2.96. The smallest absolute Gasteiger partial charge is 0.211 e. The molecule has 0 aromatic rings. The number of sulfonamides is 1. The number of hydrogen-bond acceptors (Lipinski definition) is 3. The Labute approximate surface area is 118 Å². The lowest BCUT2D eigenvalue weighted by molar-refractivity contribution is 0.226. The largest absolute Gasteiger partial charge is 0.317 e. The molecule has 114 valence electrons. The third-order valence-electron chi connectivity index (χ3n) is 4.02. The Balaban J connectivity index is 2.46. The molecule has 5 heteroatoms. The lowest BCUT2D eigenvalue weighted by Gasteiger charge is -2.34. The molecule has 2 N–H and O–H groups in total. The van der Waals surface area contributed by atoms with Gasteiger partial charge in [-0.2, -0.15) is 0 Å². The van der Waals surface area contributed by atoms with Crippen LogP contribution in [0.4, 0.5) is 0 Å². The highest BCUT2D eigenvalue weighted by molar-refractivity contribution is 7.89. The van der Waals surface area contributed by atoms with Crippen LogP contribution in [0.15, 0.2) is 0 Å². The Hall–Kier alpha value is -0.130. The van der Waals surface area contributed by atoms with Gasteiger partial charge in [0.1, 0.15) is 0 Å². The van der Waals surface area contributed by atoms with Gasteiger partial charge in [-0.25, -0.2) is 13.1 Å². The Morgan fingerprint density at radius 1 is 1.21 bits per heavy atom. The fraction of sp³-hybridized carbons (Fsp3) is 1.00. The summed E-state index contributed by atoms with van der Waals surface area (Å²) in [5, 5.41) is 3.16. The molecule has 1 fully saturated rings. The average Bonchev–Trinajstić information content (AvgIpc) is 2.34. The molecule has 0 amide bonds. The Kier molecular flexibility index (Phi) is 7.32. The van der Waals surface area contributed by atoms with Gasteiger partial charge in [0.25, 0.3) is 0 Å². The molecule has 2 unspecified atom stereocenters. The van der Waals surface area contributed by atoms with E-state index in [9.17, 15) is 8.42 Å². The highest BCUT2D eigenvalue weighted by atomic mass is 32.2. The van der Waals surface area contributed by atoms with Crippen LogP contribution in [0.25, 0.3) is 0 Å². The first-order valence-corrected chi connectivity index (χ1v) is 9.32. The summed E-state index contributed by atoms with van der Waals surface area (Å²) in [6, 6.07) is 0.151. The fourth-order valence-corrected chi connectivity index (χ4v) is 4.35. The van der Waals surface area contributed by atoms with E-state index >= 15 is 0 Å². The number of nitrogens with one attached hydrogen (secondary N) is 2. The van der Waals surface area contributed by atoms with Crippen molar-refractivity contribution in [1.29, 1.82) is 0 Å². The first-order chi connectivity index (χ1) is 8.96. The molecule has 19 heavy (non-hydrogen) atoms. The maximum atomic E-state index is 12.1. The monoisotopic (exact) mass is 290 g/mol. The van der Waals surface area contributed by atoms with E-state index in [4.69, 9.17) is 0 Å². The van der Waals surface area contributed by atoms with Crippen LogP contribution in [0.1, 0.15) is 52.9 Å². The quantitative estimate of drug-likeness (QED) is 0.673. The van der Waals surface area contributed by atoms with Crippen molar-refractivity contribution in [2.24, 2.45) is 11.8 Å². The molecule has 1 rings (SSSR count). The summed E-state index contributed by atoms with van der Waals surface area (Å²) < 4.78 is 27.1. The molecular weight excluding hydrogens is 260 g/mol. The normalized spacial score (nSPS) is 24.8. The predicted octanol–water partition coefficient (Wildman–Crippen LogP) is 2.12. The standard InChI is InChI=1S/C14H30N2O2S/c1-4-15-10-7-11-19(17,18)16-14-9-6-5-8-13(14)12(2)3/h12-16H,4-11H2,1-3H3. The summed E-state index contributed by atoms with van der Waals surface area (Å²) >= 11 is 0. The molecule has 0 heterocycles. The molecule has 4 nitrogen and oxygen atoms in total. The summed E-state index contributed by atoms with van der Waals surface area (Å²) in [4.78, 5) is 0. The molecule has 1 saturated carbocycles. The minimum atomic E-state index is -3.12.